The SMILES string of the molecule is ClC1=CN(CC2CCOCC2)C(Br)N1. The second kappa shape index (κ2) is 4.73. The molecule has 2 heterocycles. The molecule has 1 saturated heterocycles. The molecule has 0 saturated carbocycles. The van der Waals surface area contributed by atoms with Crippen LogP contribution < -0.4 is 5.32 Å². The van der Waals surface area contributed by atoms with Crippen molar-refractivity contribution < 1.29 is 4.74 Å². The summed E-state index contributed by atoms with van der Waals surface area (Å²) in [6.45, 7) is 2.84. The zero-order valence-corrected chi connectivity index (χ0v) is 10.2. The molecule has 14 heavy (non-hydrogen) atoms. The highest BCUT2D eigenvalue weighted by Crippen LogP contribution is 2.23. The van der Waals surface area contributed by atoms with E-state index in [1.807, 2.05) is 6.20 Å². The van der Waals surface area contributed by atoms with Crippen LogP contribution in [0.2, 0.25) is 0 Å². The van der Waals surface area contributed by atoms with E-state index in [0.717, 1.165) is 38.5 Å². The fraction of sp³-hybridized carbons (Fsp3) is 0.778. The number of hydrogen-bond donors (Lipinski definition) is 1. The Bertz CT molecular complexity index is 231. The summed E-state index contributed by atoms with van der Waals surface area (Å²) in [6, 6.07) is 0. The topological polar surface area (TPSA) is 24.5 Å². The molecule has 3 nitrogen and oxygen atoms in total. The van der Waals surface area contributed by atoms with Gasteiger partial charge in [-0.2, -0.15) is 0 Å². The summed E-state index contributed by atoms with van der Waals surface area (Å²) in [5, 5.41) is 3.95. The van der Waals surface area contributed by atoms with Crippen LogP contribution in [0.25, 0.3) is 0 Å². The third-order valence-electron chi connectivity index (χ3n) is 2.64. The lowest BCUT2D eigenvalue weighted by Crippen LogP contribution is -2.35. The van der Waals surface area contributed by atoms with Crippen LogP contribution in [0.15, 0.2) is 11.4 Å². The first-order valence-corrected chi connectivity index (χ1v) is 6.16. The van der Waals surface area contributed by atoms with E-state index in [4.69, 9.17) is 16.3 Å². The Morgan fingerprint density at radius 1 is 1.57 bits per heavy atom. The Morgan fingerprint density at radius 2 is 2.29 bits per heavy atom. The van der Waals surface area contributed by atoms with Gasteiger partial charge in [-0.15, -0.1) is 0 Å². The molecule has 2 aliphatic rings. The average molecular weight is 282 g/mol. The molecule has 0 aromatic carbocycles. The first kappa shape index (κ1) is 10.6. The van der Waals surface area contributed by atoms with Crippen LogP contribution >= 0.6 is 27.5 Å². The molecule has 2 aliphatic heterocycles. The minimum Gasteiger partial charge on any atom is -0.381 e. The summed E-state index contributed by atoms with van der Waals surface area (Å²) in [4.78, 5) is 2.19. The fourth-order valence-corrected chi connectivity index (χ4v) is 2.71. The summed E-state index contributed by atoms with van der Waals surface area (Å²) in [5.74, 6) is 0.726. The summed E-state index contributed by atoms with van der Waals surface area (Å²) < 4.78 is 5.32. The molecule has 1 atom stereocenters. The molecule has 1 N–H and O–H groups in total. The Balaban J connectivity index is 1.84. The van der Waals surface area contributed by atoms with Gasteiger partial charge in [0, 0.05) is 26.0 Å². The molecule has 0 spiro atoms. The van der Waals surface area contributed by atoms with Gasteiger partial charge in [-0.3, -0.25) is 0 Å². The highest BCUT2D eigenvalue weighted by atomic mass is 79.9. The van der Waals surface area contributed by atoms with Gasteiger partial charge in [-0.05, 0) is 34.7 Å². The van der Waals surface area contributed by atoms with Gasteiger partial charge in [0.25, 0.3) is 0 Å². The molecule has 5 heteroatoms. The van der Waals surface area contributed by atoms with Crippen molar-refractivity contribution in [2.75, 3.05) is 19.8 Å². The first-order valence-electron chi connectivity index (χ1n) is 4.87. The molecule has 0 radical (unpaired) electrons. The van der Waals surface area contributed by atoms with Crippen molar-refractivity contribution in [3.8, 4) is 0 Å². The van der Waals surface area contributed by atoms with Crippen LogP contribution in [0.4, 0.5) is 0 Å². The van der Waals surface area contributed by atoms with Crippen molar-refractivity contribution >= 4 is 27.5 Å². The van der Waals surface area contributed by atoms with Crippen LogP contribution in [0.5, 0.6) is 0 Å². The smallest absolute Gasteiger partial charge is 0.157 e. The van der Waals surface area contributed by atoms with Gasteiger partial charge in [-0.1, -0.05) is 11.6 Å². The van der Waals surface area contributed by atoms with E-state index in [9.17, 15) is 0 Å². The van der Waals surface area contributed by atoms with Crippen LogP contribution in [0.3, 0.4) is 0 Å². The third-order valence-corrected chi connectivity index (χ3v) is 3.60. The standard InChI is InChI=1S/C9H14BrClN2O/c10-9-12-8(11)6-13(9)5-7-1-3-14-4-2-7/h6-7,9,12H,1-5H2. The second-order valence-electron chi connectivity index (χ2n) is 3.71. The minimum atomic E-state index is 0.151. The Morgan fingerprint density at radius 3 is 2.86 bits per heavy atom. The number of nitrogens with one attached hydrogen (secondary N) is 1. The molecule has 0 bridgehead atoms. The second-order valence-corrected chi connectivity index (χ2v) is 4.98. The molecule has 1 fully saturated rings. The van der Waals surface area contributed by atoms with Gasteiger partial charge in [0.05, 0.1) is 0 Å². The molecule has 0 aromatic rings. The number of alkyl halides is 1. The van der Waals surface area contributed by atoms with E-state index in [1.54, 1.807) is 0 Å². The summed E-state index contributed by atoms with van der Waals surface area (Å²) in [7, 11) is 0. The van der Waals surface area contributed by atoms with Gasteiger partial charge < -0.3 is 15.0 Å². The summed E-state index contributed by atoms with van der Waals surface area (Å²) in [6.07, 6.45) is 4.26. The van der Waals surface area contributed by atoms with E-state index in [-0.39, 0.29) is 5.08 Å². The number of rotatable bonds is 2. The largest absolute Gasteiger partial charge is 0.381 e. The first-order chi connectivity index (χ1) is 6.75. The van der Waals surface area contributed by atoms with Crippen molar-refractivity contribution in [3.05, 3.63) is 11.4 Å². The van der Waals surface area contributed by atoms with Crippen molar-refractivity contribution in [2.24, 2.45) is 5.92 Å². The molecule has 0 aromatic heterocycles. The molecule has 0 amide bonds. The molecular weight excluding hydrogens is 267 g/mol. The van der Waals surface area contributed by atoms with Gasteiger partial charge in [-0.25, -0.2) is 0 Å². The number of halogens is 2. The predicted molar refractivity (Wildman–Crippen MR) is 60.0 cm³/mol. The van der Waals surface area contributed by atoms with E-state index in [0.29, 0.717) is 5.16 Å². The number of hydrogen-bond acceptors (Lipinski definition) is 3. The van der Waals surface area contributed by atoms with E-state index in [2.05, 4.69) is 26.1 Å². The molecule has 1 unspecified atom stereocenters. The molecule has 0 aliphatic carbocycles. The van der Waals surface area contributed by atoms with Crippen molar-refractivity contribution in [3.63, 3.8) is 0 Å². The lowest BCUT2D eigenvalue weighted by molar-refractivity contribution is 0.0575. The Hall–Kier alpha value is 0.0700. The molecule has 80 valence electrons. The minimum absolute atomic E-state index is 0.151. The van der Waals surface area contributed by atoms with Gasteiger partial charge in [0.15, 0.2) is 5.08 Å². The average Bonchev–Trinajstić information content (AvgIpc) is 2.47. The van der Waals surface area contributed by atoms with Crippen LogP contribution in [0.1, 0.15) is 12.8 Å². The maximum absolute atomic E-state index is 5.87. The van der Waals surface area contributed by atoms with Crippen molar-refractivity contribution in [2.45, 2.75) is 17.9 Å². The normalized spacial score (nSPS) is 28.9. The number of nitrogens with zero attached hydrogens (tertiary/aromatic N) is 1. The quantitative estimate of drug-likeness (QED) is 0.619. The third kappa shape index (κ3) is 2.55. The Kier molecular flexibility index (Phi) is 3.57. The van der Waals surface area contributed by atoms with Crippen molar-refractivity contribution in [1.82, 2.24) is 10.2 Å². The maximum Gasteiger partial charge on any atom is 0.157 e. The monoisotopic (exact) mass is 280 g/mol. The molecule has 2 rings (SSSR count). The van der Waals surface area contributed by atoms with Gasteiger partial charge in [0.1, 0.15) is 5.16 Å². The molecular formula is C9H14BrClN2O. The zero-order valence-electron chi connectivity index (χ0n) is 7.88. The number of ether oxygens (including phenoxy) is 1. The van der Waals surface area contributed by atoms with Gasteiger partial charge in [0.2, 0.25) is 0 Å². The van der Waals surface area contributed by atoms with E-state index in [1.165, 1.54) is 0 Å². The van der Waals surface area contributed by atoms with Crippen LogP contribution in [0, 0.1) is 5.92 Å². The summed E-state index contributed by atoms with van der Waals surface area (Å²) in [5.41, 5.74) is 0. The van der Waals surface area contributed by atoms with E-state index < -0.39 is 0 Å². The Labute approximate surface area is 97.6 Å². The predicted octanol–water partition coefficient (Wildman–Crippen LogP) is 2.03. The van der Waals surface area contributed by atoms with Crippen LogP contribution in [-0.4, -0.2) is 29.7 Å². The lowest BCUT2D eigenvalue weighted by Gasteiger charge is -2.28. The summed E-state index contributed by atoms with van der Waals surface area (Å²) >= 11 is 9.39. The fourth-order valence-electron chi connectivity index (χ4n) is 1.82. The van der Waals surface area contributed by atoms with Crippen molar-refractivity contribution in [1.29, 1.82) is 0 Å². The lowest BCUT2D eigenvalue weighted by atomic mass is 10.0. The highest BCUT2D eigenvalue weighted by Gasteiger charge is 2.23. The maximum atomic E-state index is 5.87. The zero-order chi connectivity index (χ0) is 9.97. The van der Waals surface area contributed by atoms with Gasteiger partial charge >= 0.3 is 0 Å². The van der Waals surface area contributed by atoms with E-state index >= 15 is 0 Å². The highest BCUT2D eigenvalue weighted by molar-refractivity contribution is 9.09. The van der Waals surface area contributed by atoms with Crippen LogP contribution in [-0.2, 0) is 4.74 Å².